The number of carbonyl (C=O) groups excluding carboxylic acids is 2. The lowest BCUT2D eigenvalue weighted by Crippen LogP contribution is -2.20. The predicted molar refractivity (Wildman–Crippen MR) is 80.1 cm³/mol. The Hall–Kier alpha value is -1.39. The van der Waals surface area contributed by atoms with Gasteiger partial charge in [0.1, 0.15) is 5.78 Å². The molecule has 1 aliphatic rings. The Bertz CT molecular complexity index is 435. The number of ether oxygens (including phenoxy) is 1. The second-order valence-electron chi connectivity index (χ2n) is 4.39. The molecule has 1 aliphatic heterocycles. The van der Waals surface area contributed by atoms with Crippen LogP contribution in [0.25, 0.3) is 0 Å². The Morgan fingerprint density at radius 1 is 1.45 bits per heavy atom. The number of halogens is 1. The number of carbonyl (C=O) groups is 2. The van der Waals surface area contributed by atoms with E-state index in [0.29, 0.717) is 31.5 Å². The van der Waals surface area contributed by atoms with E-state index < -0.39 is 0 Å². The molecule has 1 amide bonds. The summed E-state index contributed by atoms with van der Waals surface area (Å²) < 4.78 is 5.54. The van der Waals surface area contributed by atoms with Gasteiger partial charge in [-0.05, 0) is 12.5 Å². The molecule has 1 unspecified atom stereocenters. The van der Waals surface area contributed by atoms with Crippen LogP contribution in [0.1, 0.15) is 37.9 Å². The molecule has 2 rings (SSSR count). The molecule has 1 heterocycles. The highest BCUT2D eigenvalue weighted by atomic mass is 35.5. The van der Waals surface area contributed by atoms with Crippen LogP contribution in [0.2, 0.25) is 0 Å². The number of amides is 1. The number of hydrogen-bond acceptors (Lipinski definition) is 3. The molecular weight excluding hydrogens is 278 g/mol. The molecule has 5 heteroatoms. The molecule has 0 saturated carbocycles. The number of benzene rings is 1. The highest BCUT2D eigenvalue weighted by Crippen LogP contribution is 2.30. The van der Waals surface area contributed by atoms with Gasteiger partial charge in [0.25, 0.3) is 0 Å². The van der Waals surface area contributed by atoms with Crippen molar-refractivity contribution in [3.63, 3.8) is 0 Å². The molecule has 110 valence electrons. The van der Waals surface area contributed by atoms with Gasteiger partial charge in [0.05, 0.1) is 12.7 Å². The van der Waals surface area contributed by atoms with Crippen molar-refractivity contribution in [3.8, 4) is 0 Å². The zero-order valence-electron chi connectivity index (χ0n) is 11.6. The van der Waals surface area contributed by atoms with Gasteiger partial charge in [-0.2, -0.15) is 0 Å². The minimum atomic E-state index is -0.232. The van der Waals surface area contributed by atoms with Crippen molar-refractivity contribution in [2.24, 2.45) is 0 Å². The van der Waals surface area contributed by atoms with Gasteiger partial charge in [-0.25, -0.2) is 0 Å². The lowest BCUT2D eigenvalue weighted by Gasteiger charge is -2.23. The van der Waals surface area contributed by atoms with Crippen molar-refractivity contribution < 1.29 is 14.3 Å². The zero-order chi connectivity index (χ0) is 14.8. The minimum Gasteiger partial charge on any atom is -0.373 e. The van der Waals surface area contributed by atoms with Gasteiger partial charge in [-0.1, -0.05) is 25.1 Å². The third-order valence-electron chi connectivity index (χ3n) is 2.82. The molecule has 1 N–H and O–H groups in total. The van der Waals surface area contributed by atoms with Crippen LogP contribution in [0.15, 0.2) is 24.3 Å². The van der Waals surface area contributed by atoms with E-state index in [1.165, 1.54) is 0 Å². The van der Waals surface area contributed by atoms with Gasteiger partial charge >= 0.3 is 0 Å². The smallest absolute Gasteiger partial charge is 0.211 e. The fourth-order valence-electron chi connectivity index (χ4n) is 1.86. The minimum absolute atomic E-state index is 0.206. The van der Waals surface area contributed by atoms with E-state index >= 15 is 0 Å². The fourth-order valence-corrected chi connectivity index (χ4v) is 1.86. The summed E-state index contributed by atoms with van der Waals surface area (Å²) in [6.07, 6.45) is 2.35. The Morgan fingerprint density at radius 2 is 2.15 bits per heavy atom. The highest BCUT2D eigenvalue weighted by molar-refractivity contribution is 6.17. The molecule has 0 bridgehead atoms. The van der Waals surface area contributed by atoms with Gasteiger partial charge in [0.15, 0.2) is 0 Å². The summed E-state index contributed by atoms with van der Waals surface area (Å²) in [5.41, 5.74) is 1.57. The van der Waals surface area contributed by atoms with Crippen molar-refractivity contribution in [1.29, 1.82) is 0 Å². The second kappa shape index (κ2) is 9.50. The standard InChI is InChI=1S/C12H13NO3.C3H7Cl/c14-8-13-11-4-2-1-3-10(11)12-7-9(15)5-6-16-12;1-2-3-4/h1-4,8,12H,5-7H2,(H,13,14);2-3H2,1H3. The number of nitrogens with one attached hydrogen (secondary N) is 1. The maximum Gasteiger partial charge on any atom is 0.211 e. The first-order valence-corrected chi connectivity index (χ1v) is 7.24. The quantitative estimate of drug-likeness (QED) is 0.685. The molecule has 1 aromatic rings. The third kappa shape index (κ3) is 5.31. The molecule has 1 fully saturated rings. The lowest BCUT2D eigenvalue weighted by atomic mass is 9.99. The molecule has 0 aliphatic carbocycles. The van der Waals surface area contributed by atoms with Gasteiger partial charge < -0.3 is 10.1 Å². The molecule has 0 spiro atoms. The summed E-state index contributed by atoms with van der Waals surface area (Å²) in [5, 5.41) is 2.62. The number of rotatable bonds is 4. The third-order valence-corrected chi connectivity index (χ3v) is 3.20. The molecule has 0 aromatic heterocycles. The second-order valence-corrected chi connectivity index (χ2v) is 4.77. The average Bonchev–Trinajstić information content (AvgIpc) is 2.48. The van der Waals surface area contributed by atoms with Crippen molar-refractivity contribution in [2.75, 3.05) is 17.8 Å². The van der Waals surface area contributed by atoms with Crippen molar-refractivity contribution in [3.05, 3.63) is 29.8 Å². The van der Waals surface area contributed by atoms with Crippen LogP contribution in [-0.4, -0.2) is 24.7 Å². The monoisotopic (exact) mass is 297 g/mol. The normalized spacial score (nSPS) is 17.9. The molecule has 4 nitrogen and oxygen atoms in total. The zero-order valence-corrected chi connectivity index (χ0v) is 12.4. The SMILES string of the molecule is CCCCl.O=CNc1ccccc1C1CC(=O)CCO1. The van der Waals surface area contributed by atoms with E-state index in [9.17, 15) is 9.59 Å². The molecule has 1 saturated heterocycles. The molecule has 1 aromatic carbocycles. The van der Waals surface area contributed by atoms with Gasteiger partial charge in [-0.3, -0.25) is 9.59 Å². The molecular formula is C15H20ClNO3. The first-order valence-electron chi connectivity index (χ1n) is 6.71. The average molecular weight is 298 g/mol. The number of Topliss-reactive ketones (excluding diaryl/α,β-unsaturated/α-hetero) is 1. The van der Waals surface area contributed by atoms with Crippen molar-refractivity contribution in [1.82, 2.24) is 0 Å². The van der Waals surface area contributed by atoms with Crippen LogP contribution in [-0.2, 0) is 14.3 Å². The summed E-state index contributed by atoms with van der Waals surface area (Å²) in [4.78, 5) is 21.8. The van der Waals surface area contributed by atoms with Crippen molar-refractivity contribution >= 4 is 29.5 Å². The first kappa shape index (κ1) is 16.7. The fraction of sp³-hybridized carbons (Fsp3) is 0.467. The Labute approximate surface area is 124 Å². The maximum absolute atomic E-state index is 11.3. The Morgan fingerprint density at radius 3 is 2.75 bits per heavy atom. The summed E-state index contributed by atoms with van der Waals surface area (Å²) in [7, 11) is 0. The summed E-state index contributed by atoms with van der Waals surface area (Å²) in [6, 6.07) is 7.37. The largest absolute Gasteiger partial charge is 0.373 e. The molecule has 0 radical (unpaired) electrons. The van der Waals surface area contributed by atoms with E-state index in [1.807, 2.05) is 25.1 Å². The van der Waals surface area contributed by atoms with Gasteiger partial charge in [0, 0.05) is 30.0 Å². The molecule has 20 heavy (non-hydrogen) atoms. The van der Waals surface area contributed by atoms with E-state index in [4.69, 9.17) is 16.3 Å². The predicted octanol–water partition coefficient (Wildman–Crippen LogP) is 3.31. The summed E-state index contributed by atoms with van der Waals surface area (Å²) >= 11 is 5.19. The lowest BCUT2D eigenvalue weighted by molar-refractivity contribution is -0.128. The van der Waals surface area contributed by atoms with Crippen molar-refractivity contribution in [2.45, 2.75) is 32.3 Å². The number of ketones is 1. The van der Waals surface area contributed by atoms with Crippen LogP contribution in [0.4, 0.5) is 5.69 Å². The molecule has 1 atom stereocenters. The van der Waals surface area contributed by atoms with Gasteiger partial charge in [-0.15, -0.1) is 11.6 Å². The maximum atomic E-state index is 11.3. The Kier molecular flexibility index (Phi) is 7.92. The van der Waals surface area contributed by atoms with E-state index in [2.05, 4.69) is 5.32 Å². The first-order chi connectivity index (χ1) is 9.72. The van der Waals surface area contributed by atoms with Crippen LogP contribution in [0, 0.1) is 0 Å². The van der Waals surface area contributed by atoms with E-state index in [1.54, 1.807) is 6.07 Å². The summed E-state index contributed by atoms with van der Waals surface area (Å²) in [5.74, 6) is 0.997. The number of alkyl halides is 1. The van der Waals surface area contributed by atoms with Crippen LogP contribution >= 0.6 is 11.6 Å². The van der Waals surface area contributed by atoms with Crippen LogP contribution < -0.4 is 5.32 Å². The van der Waals surface area contributed by atoms with E-state index in [0.717, 1.165) is 17.9 Å². The summed E-state index contributed by atoms with van der Waals surface area (Å²) in [6.45, 7) is 2.51. The number of hydrogen-bond donors (Lipinski definition) is 1. The topological polar surface area (TPSA) is 55.4 Å². The Balaban J connectivity index is 0.000000444. The number of anilines is 1. The van der Waals surface area contributed by atoms with E-state index in [-0.39, 0.29) is 11.9 Å². The highest BCUT2D eigenvalue weighted by Gasteiger charge is 2.23. The number of para-hydroxylation sites is 1. The van der Waals surface area contributed by atoms with Crippen LogP contribution in [0.3, 0.4) is 0 Å². The van der Waals surface area contributed by atoms with Gasteiger partial charge in [0.2, 0.25) is 6.41 Å². The van der Waals surface area contributed by atoms with Crippen LogP contribution in [0.5, 0.6) is 0 Å².